The lowest BCUT2D eigenvalue weighted by Gasteiger charge is -2.25. The molecule has 0 fully saturated rings. The van der Waals surface area contributed by atoms with Crippen LogP contribution in [0.3, 0.4) is 0 Å². The number of H-pyrrole nitrogens is 1. The topological polar surface area (TPSA) is 80.2 Å². The zero-order valence-corrected chi connectivity index (χ0v) is 13.3. The number of aryl methyl sites for hydroxylation is 2. The van der Waals surface area contributed by atoms with Crippen LogP contribution in [-0.4, -0.2) is 22.2 Å². The van der Waals surface area contributed by atoms with Crippen LogP contribution in [0.4, 0.5) is 0 Å². The highest BCUT2D eigenvalue weighted by atomic mass is 16.5. The van der Waals surface area contributed by atoms with Crippen molar-refractivity contribution >= 4 is 5.91 Å². The standard InChI is InChI=1S/C16H21N3O3/c1-8-7-21-10(3)13(8)6-17-16(20)15-12-5-9(2)22-11(4)14(12)18-19-15/h7,9,11H,5-6H2,1-4H3,(H,17,20)(H,18,19)/t9-,11+/m1/s1. The number of hydrogen-bond donors (Lipinski definition) is 2. The summed E-state index contributed by atoms with van der Waals surface area (Å²) in [5, 5.41) is 10.1. The Morgan fingerprint density at radius 1 is 1.45 bits per heavy atom. The molecule has 1 aliphatic rings. The van der Waals surface area contributed by atoms with Crippen molar-refractivity contribution in [2.45, 2.75) is 52.9 Å². The summed E-state index contributed by atoms with van der Waals surface area (Å²) in [6, 6.07) is 0. The summed E-state index contributed by atoms with van der Waals surface area (Å²) in [5.41, 5.74) is 4.39. The number of hydrogen-bond acceptors (Lipinski definition) is 4. The smallest absolute Gasteiger partial charge is 0.272 e. The van der Waals surface area contributed by atoms with Gasteiger partial charge in [0, 0.05) is 24.1 Å². The van der Waals surface area contributed by atoms with Gasteiger partial charge in [-0.3, -0.25) is 9.89 Å². The highest BCUT2D eigenvalue weighted by Gasteiger charge is 2.29. The molecule has 0 radical (unpaired) electrons. The molecule has 2 N–H and O–H groups in total. The van der Waals surface area contributed by atoms with Gasteiger partial charge in [0.25, 0.3) is 5.91 Å². The molecule has 3 heterocycles. The van der Waals surface area contributed by atoms with E-state index >= 15 is 0 Å². The molecule has 6 heteroatoms. The molecular formula is C16H21N3O3. The zero-order chi connectivity index (χ0) is 15.9. The quantitative estimate of drug-likeness (QED) is 0.913. The Balaban J connectivity index is 1.76. The minimum atomic E-state index is -0.168. The number of fused-ring (bicyclic) bond motifs is 1. The molecule has 3 rings (SSSR count). The molecule has 0 saturated heterocycles. The Hall–Kier alpha value is -2.08. The lowest BCUT2D eigenvalue weighted by atomic mass is 9.99. The van der Waals surface area contributed by atoms with E-state index in [0.29, 0.717) is 18.7 Å². The van der Waals surface area contributed by atoms with E-state index in [1.54, 1.807) is 6.26 Å². The van der Waals surface area contributed by atoms with Gasteiger partial charge in [-0.1, -0.05) is 0 Å². The van der Waals surface area contributed by atoms with E-state index in [2.05, 4.69) is 15.5 Å². The molecule has 0 aromatic carbocycles. The van der Waals surface area contributed by atoms with E-state index in [1.165, 1.54) is 0 Å². The normalized spacial score (nSPS) is 20.7. The van der Waals surface area contributed by atoms with Crippen LogP contribution in [0.15, 0.2) is 10.7 Å². The molecule has 0 bridgehead atoms. The average molecular weight is 303 g/mol. The first-order valence-corrected chi connectivity index (χ1v) is 7.51. The summed E-state index contributed by atoms with van der Waals surface area (Å²) in [5.74, 6) is 0.663. The second-order valence-corrected chi connectivity index (χ2v) is 5.89. The molecule has 22 heavy (non-hydrogen) atoms. The van der Waals surface area contributed by atoms with E-state index in [-0.39, 0.29) is 18.1 Å². The third kappa shape index (κ3) is 2.54. The van der Waals surface area contributed by atoms with Crippen molar-refractivity contribution in [3.8, 4) is 0 Å². The maximum Gasteiger partial charge on any atom is 0.272 e. The van der Waals surface area contributed by atoms with Gasteiger partial charge < -0.3 is 14.5 Å². The van der Waals surface area contributed by atoms with Crippen molar-refractivity contribution in [1.29, 1.82) is 0 Å². The minimum Gasteiger partial charge on any atom is -0.469 e. The van der Waals surface area contributed by atoms with Crippen LogP contribution >= 0.6 is 0 Å². The van der Waals surface area contributed by atoms with Crippen molar-refractivity contribution in [3.63, 3.8) is 0 Å². The van der Waals surface area contributed by atoms with Crippen molar-refractivity contribution in [3.05, 3.63) is 40.1 Å². The summed E-state index contributed by atoms with van der Waals surface area (Å²) in [6.07, 6.45) is 2.42. The second-order valence-electron chi connectivity index (χ2n) is 5.89. The Kier molecular flexibility index (Phi) is 3.78. The highest BCUT2D eigenvalue weighted by Crippen LogP contribution is 2.30. The predicted molar refractivity (Wildman–Crippen MR) is 80.6 cm³/mol. The van der Waals surface area contributed by atoms with Gasteiger partial charge in [0.1, 0.15) is 5.76 Å². The van der Waals surface area contributed by atoms with Crippen molar-refractivity contribution in [1.82, 2.24) is 15.5 Å². The van der Waals surface area contributed by atoms with Crippen LogP contribution in [0.25, 0.3) is 0 Å². The van der Waals surface area contributed by atoms with Gasteiger partial charge in [0.05, 0.1) is 24.2 Å². The number of aromatic amines is 1. The molecule has 0 spiro atoms. The summed E-state index contributed by atoms with van der Waals surface area (Å²) in [4.78, 5) is 12.4. The lowest BCUT2D eigenvalue weighted by molar-refractivity contribution is -0.00697. The number of carbonyl (C=O) groups is 1. The molecule has 1 amide bonds. The predicted octanol–water partition coefficient (Wildman–Crippen LogP) is 2.57. The van der Waals surface area contributed by atoms with E-state index in [4.69, 9.17) is 9.15 Å². The first kappa shape index (κ1) is 14.8. The summed E-state index contributed by atoms with van der Waals surface area (Å²) in [7, 11) is 0. The van der Waals surface area contributed by atoms with Crippen molar-refractivity contribution < 1.29 is 13.9 Å². The van der Waals surface area contributed by atoms with Crippen LogP contribution in [0.1, 0.15) is 58.6 Å². The first-order valence-electron chi connectivity index (χ1n) is 7.51. The van der Waals surface area contributed by atoms with Gasteiger partial charge >= 0.3 is 0 Å². The molecule has 0 saturated carbocycles. The average Bonchev–Trinajstić information content (AvgIpc) is 3.01. The number of amides is 1. The molecule has 2 aromatic rings. The molecule has 1 aliphatic heterocycles. The zero-order valence-electron chi connectivity index (χ0n) is 13.3. The van der Waals surface area contributed by atoms with Crippen LogP contribution in [0.5, 0.6) is 0 Å². The Morgan fingerprint density at radius 3 is 2.91 bits per heavy atom. The van der Waals surface area contributed by atoms with Gasteiger partial charge in [-0.25, -0.2) is 0 Å². The van der Waals surface area contributed by atoms with Gasteiger partial charge in [0.15, 0.2) is 5.69 Å². The Labute approximate surface area is 129 Å². The number of aromatic nitrogens is 2. The first-order chi connectivity index (χ1) is 10.5. The van der Waals surface area contributed by atoms with E-state index in [1.807, 2.05) is 27.7 Å². The molecule has 2 atom stereocenters. The third-order valence-corrected chi connectivity index (χ3v) is 4.19. The number of nitrogens with one attached hydrogen (secondary N) is 2. The lowest BCUT2D eigenvalue weighted by Crippen LogP contribution is -2.27. The van der Waals surface area contributed by atoms with Gasteiger partial charge in [0.2, 0.25) is 0 Å². The van der Waals surface area contributed by atoms with Crippen LogP contribution in [-0.2, 0) is 17.7 Å². The number of furan rings is 1. The van der Waals surface area contributed by atoms with Crippen LogP contribution in [0, 0.1) is 13.8 Å². The number of nitrogens with zero attached hydrogens (tertiary/aromatic N) is 1. The Morgan fingerprint density at radius 2 is 2.23 bits per heavy atom. The summed E-state index contributed by atoms with van der Waals surface area (Å²) < 4.78 is 11.1. The SMILES string of the molecule is Cc1coc(C)c1CNC(=O)c1n[nH]c2c1C[C@@H](C)O[C@H]2C. The van der Waals surface area contributed by atoms with E-state index < -0.39 is 0 Å². The van der Waals surface area contributed by atoms with Gasteiger partial charge in [-0.2, -0.15) is 5.10 Å². The third-order valence-electron chi connectivity index (χ3n) is 4.19. The number of ether oxygens (including phenoxy) is 1. The van der Waals surface area contributed by atoms with Gasteiger partial charge in [-0.05, 0) is 33.3 Å². The maximum absolute atomic E-state index is 12.4. The molecule has 118 valence electrons. The molecule has 2 aromatic heterocycles. The fourth-order valence-corrected chi connectivity index (χ4v) is 2.97. The highest BCUT2D eigenvalue weighted by molar-refractivity contribution is 5.94. The van der Waals surface area contributed by atoms with E-state index in [9.17, 15) is 4.79 Å². The largest absolute Gasteiger partial charge is 0.469 e. The Bertz CT molecular complexity index is 682. The maximum atomic E-state index is 12.4. The molecular weight excluding hydrogens is 282 g/mol. The van der Waals surface area contributed by atoms with Crippen molar-refractivity contribution in [2.24, 2.45) is 0 Å². The minimum absolute atomic E-state index is 0.0637. The van der Waals surface area contributed by atoms with Crippen LogP contribution < -0.4 is 5.32 Å². The number of carbonyl (C=O) groups excluding carboxylic acids is 1. The molecule has 6 nitrogen and oxygen atoms in total. The molecule has 0 unspecified atom stereocenters. The van der Waals surface area contributed by atoms with Crippen molar-refractivity contribution in [2.75, 3.05) is 0 Å². The number of rotatable bonds is 3. The van der Waals surface area contributed by atoms with Crippen LogP contribution in [0.2, 0.25) is 0 Å². The monoisotopic (exact) mass is 303 g/mol. The van der Waals surface area contributed by atoms with Gasteiger partial charge in [-0.15, -0.1) is 0 Å². The molecule has 0 aliphatic carbocycles. The van der Waals surface area contributed by atoms with E-state index in [0.717, 1.165) is 28.1 Å². The second kappa shape index (κ2) is 5.61. The summed E-state index contributed by atoms with van der Waals surface area (Å²) >= 11 is 0. The summed E-state index contributed by atoms with van der Waals surface area (Å²) in [6.45, 7) is 8.27. The fraction of sp³-hybridized carbons (Fsp3) is 0.500. The fourth-order valence-electron chi connectivity index (χ4n) is 2.97.